The van der Waals surface area contributed by atoms with Gasteiger partial charge in [0, 0.05) is 34.6 Å². The molecule has 0 radical (unpaired) electrons. The first kappa shape index (κ1) is 27.6. The zero-order valence-electron chi connectivity index (χ0n) is 21.1. The van der Waals surface area contributed by atoms with Crippen molar-refractivity contribution in [2.75, 3.05) is 6.61 Å². The Balaban J connectivity index is 1.97. The average Bonchev–Trinajstić information content (AvgIpc) is 2.84. The SMILES string of the molecule is Cc1cccc(OCC(=O)N(Cc2c(Cl)cccc2Cl)[C@@H](Cc2ccccc2)C(=O)NC(C)C)c1C. The summed E-state index contributed by atoms with van der Waals surface area (Å²) in [4.78, 5) is 28.6. The summed E-state index contributed by atoms with van der Waals surface area (Å²) in [6, 6.07) is 19.6. The van der Waals surface area contributed by atoms with Crippen molar-refractivity contribution in [2.24, 2.45) is 0 Å². The summed E-state index contributed by atoms with van der Waals surface area (Å²) in [6.45, 7) is 7.55. The minimum absolute atomic E-state index is 0.0660. The zero-order chi connectivity index (χ0) is 26.2. The molecule has 5 nitrogen and oxygen atoms in total. The Bertz CT molecular complexity index is 1180. The van der Waals surface area contributed by atoms with Crippen molar-refractivity contribution in [3.05, 3.63) is 99.0 Å². The first-order valence-electron chi connectivity index (χ1n) is 11.9. The third-order valence-electron chi connectivity index (χ3n) is 6.00. The molecule has 7 heteroatoms. The van der Waals surface area contributed by atoms with Gasteiger partial charge in [0.05, 0.1) is 0 Å². The van der Waals surface area contributed by atoms with Gasteiger partial charge in [0.2, 0.25) is 5.91 Å². The molecule has 0 heterocycles. The van der Waals surface area contributed by atoms with Gasteiger partial charge in [-0.25, -0.2) is 0 Å². The fourth-order valence-corrected chi connectivity index (χ4v) is 4.41. The molecule has 0 fully saturated rings. The van der Waals surface area contributed by atoms with Crippen molar-refractivity contribution in [1.29, 1.82) is 0 Å². The minimum atomic E-state index is -0.795. The van der Waals surface area contributed by atoms with Crippen LogP contribution in [-0.4, -0.2) is 35.4 Å². The van der Waals surface area contributed by atoms with E-state index in [-0.39, 0.29) is 31.0 Å². The van der Waals surface area contributed by atoms with Crippen LogP contribution >= 0.6 is 23.2 Å². The molecule has 3 rings (SSSR count). The number of benzene rings is 3. The van der Waals surface area contributed by atoms with Crippen LogP contribution in [0.1, 0.15) is 36.1 Å². The molecule has 0 saturated heterocycles. The van der Waals surface area contributed by atoms with Gasteiger partial charge < -0.3 is 15.0 Å². The second-order valence-corrected chi connectivity index (χ2v) is 9.89. The topological polar surface area (TPSA) is 58.6 Å². The summed E-state index contributed by atoms with van der Waals surface area (Å²) in [5, 5.41) is 3.82. The van der Waals surface area contributed by atoms with E-state index < -0.39 is 6.04 Å². The highest BCUT2D eigenvalue weighted by Crippen LogP contribution is 2.28. The molecule has 0 aliphatic rings. The van der Waals surface area contributed by atoms with Gasteiger partial charge >= 0.3 is 0 Å². The number of ether oxygens (including phenoxy) is 1. The van der Waals surface area contributed by atoms with Gasteiger partial charge in [-0.1, -0.05) is 71.7 Å². The molecule has 190 valence electrons. The molecule has 1 N–H and O–H groups in total. The number of nitrogens with one attached hydrogen (secondary N) is 1. The van der Waals surface area contributed by atoms with Crippen LogP contribution in [0, 0.1) is 13.8 Å². The van der Waals surface area contributed by atoms with Gasteiger partial charge in [0.15, 0.2) is 6.61 Å². The van der Waals surface area contributed by atoms with E-state index in [9.17, 15) is 9.59 Å². The molecule has 3 aromatic carbocycles. The van der Waals surface area contributed by atoms with E-state index in [4.69, 9.17) is 27.9 Å². The molecule has 3 aromatic rings. The van der Waals surface area contributed by atoms with Gasteiger partial charge in [-0.15, -0.1) is 0 Å². The molecule has 0 bridgehead atoms. The molecule has 0 saturated carbocycles. The van der Waals surface area contributed by atoms with Crippen LogP contribution in [0.4, 0.5) is 0 Å². The second kappa shape index (κ2) is 12.8. The average molecular weight is 527 g/mol. The number of halogens is 2. The highest BCUT2D eigenvalue weighted by Gasteiger charge is 2.32. The van der Waals surface area contributed by atoms with E-state index in [1.54, 1.807) is 18.2 Å². The van der Waals surface area contributed by atoms with Crippen molar-refractivity contribution >= 4 is 35.0 Å². The van der Waals surface area contributed by atoms with E-state index >= 15 is 0 Å². The Kier molecular flexibility index (Phi) is 9.80. The smallest absolute Gasteiger partial charge is 0.261 e. The van der Waals surface area contributed by atoms with Gasteiger partial charge in [-0.2, -0.15) is 0 Å². The summed E-state index contributed by atoms with van der Waals surface area (Å²) in [7, 11) is 0. The highest BCUT2D eigenvalue weighted by molar-refractivity contribution is 6.36. The molecule has 1 atom stereocenters. The zero-order valence-corrected chi connectivity index (χ0v) is 22.6. The van der Waals surface area contributed by atoms with Crippen LogP contribution in [-0.2, 0) is 22.6 Å². The van der Waals surface area contributed by atoms with Crippen LogP contribution in [0.5, 0.6) is 5.75 Å². The number of amides is 2. The van der Waals surface area contributed by atoms with Crippen molar-refractivity contribution in [3.8, 4) is 5.75 Å². The van der Waals surface area contributed by atoms with Gasteiger partial charge in [-0.3, -0.25) is 9.59 Å². The maximum Gasteiger partial charge on any atom is 0.261 e. The van der Waals surface area contributed by atoms with Crippen LogP contribution in [0.2, 0.25) is 10.0 Å². The quantitative estimate of drug-likeness (QED) is 0.344. The molecule has 0 unspecified atom stereocenters. The lowest BCUT2D eigenvalue weighted by Crippen LogP contribution is -2.53. The van der Waals surface area contributed by atoms with Gasteiger partial charge in [0.25, 0.3) is 5.91 Å². The van der Waals surface area contributed by atoms with E-state index in [2.05, 4.69) is 5.32 Å². The van der Waals surface area contributed by atoms with Crippen LogP contribution in [0.3, 0.4) is 0 Å². The standard InChI is InChI=1S/C29H32Cl2N2O3/c1-19(2)32-29(35)26(16-22-11-6-5-7-12-22)33(17-23-24(30)13-9-14-25(23)31)28(34)18-36-27-15-8-10-20(3)21(27)4/h5-15,19,26H,16-18H2,1-4H3,(H,32,35)/t26-/m0/s1. The Hall–Kier alpha value is -3.02. The van der Waals surface area contributed by atoms with Crippen LogP contribution in [0.25, 0.3) is 0 Å². The lowest BCUT2D eigenvalue weighted by molar-refractivity contribution is -0.143. The number of hydrogen-bond donors (Lipinski definition) is 1. The Morgan fingerprint density at radius 3 is 2.19 bits per heavy atom. The molecule has 2 amide bonds. The highest BCUT2D eigenvalue weighted by atomic mass is 35.5. The number of rotatable bonds is 10. The molecule has 36 heavy (non-hydrogen) atoms. The second-order valence-electron chi connectivity index (χ2n) is 9.08. The fraction of sp³-hybridized carbons (Fsp3) is 0.310. The normalized spacial score (nSPS) is 11.8. The third kappa shape index (κ3) is 7.25. The molecule has 0 aliphatic carbocycles. The summed E-state index contributed by atoms with van der Waals surface area (Å²) in [5.74, 6) is 0.0363. The van der Waals surface area contributed by atoms with Crippen molar-refractivity contribution in [3.63, 3.8) is 0 Å². The Morgan fingerprint density at radius 2 is 1.56 bits per heavy atom. The largest absolute Gasteiger partial charge is 0.483 e. The predicted molar refractivity (Wildman–Crippen MR) is 146 cm³/mol. The summed E-state index contributed by atoms with van der Waals surface area (Å²) in [6.07, 6.45) is 0.330. The molecular weight excluding hydrogens is 495 g/mol. The lowest BCUT2D eigenvalue weighted by Gasteiger charge is -2.32. The molecule has 0 spiro atoms. The number of hydrogen-bond acceptors (Lipinski definition) is 3. The van der Waals surface area contributed by atoms with Crippen molar-refractivity contribution in [1.82, 2.24) is 10.2 Å². The monoisotopic (exact) mass is 526 g/mol. The molecule has 0 aromatic heterocycles. The predicted octanol–water partition coefficient (Wildman–Crippen LogP) is 6.15. The summed E-state index contributed by atoms with van der Waals surface area (Å²) < 4.78 is 5.93. The summed E-state index contributed by atoms with van der Waals surface area (Å²) in [5.41, 5.74) is 3.54. The van der Waals surface area contributed by atoms with E-state index in [0.29, 0.717) is 27.8 Å². The number of carbonyl (C=O) groups is 2. The van der Waals surface area contributed by atoms with Crippen LogP contribution < -0.4 is 10.1 Å². The first-order chi connectivity index (χ1) is 17.2. The van der Waals surface area contributed by atoms with Crippen molar-refractivity contribution < 1.29 is 14.3 Å². The van der Waals surface area contributed by atoms with Gasteiger partial charge in [0.1, 0.15) is 11.8 Å². The summed E-state index contributed by atoms with van der Waals surface area (Å²) >= 11 is 12.9. The molecule has 0 aliphatic heterocycles. The van der Waals surface area contributed by atoms with Crippen molar-refractivity contribution in [2.45, 2.75) is 52.7 Å². The van der Waals surface area contributed by atoms with E-state index in [1.807, 2.05) is 76.2 Å². The minimum Gasteiger partial charge on any atom is -0.483 e. The first-order valence-corrected chi connectivity index (χ1v) is 12.7. The van der Waals surface area contributed by atoms with Gasteiger partial charge in [-0.05, 0) is 62.6 Å². The van der Waals surface area contributed by atoms with Crippen LogP contribution in [0.15, 0.2) is 66.7 Å². The lowest BCUT2D eigenvalue weighted by atomic mass is 10.0. The van der Waals surface area contributed by atoms with E-state index in [0.717, 1.165) is 16.7 Å². The molecular formula is C29H32Cl2N2O3. The third-order valence-corrected chi connectivity index (χ3v) is 6.71. The number of aryl methyl sites for hydroxylation is 1. The Morgan fingerprint density at radius 1 is 0.917 bits per heavy atom. The maximum absolute atomic E-state index is 13.7. The van der Waals surface area contributed by atoms with E-state index in [1.165, 1.54) is 4.90 Å². The number of nitrogens with zero attached hydrogens (tertiary/aromatic N) is 1. The Labute approximate surface area is 223 Å². The maximum atomic E-state index is 13.7. The number of carbonyl (C=O) groups excluding carboxylic acids is 2. The fourth-order valence-electron chi connectivity index (χ4n) is 3.89.